The van der Waals surface area contributed by atoms with Gasteiger partial charge in [-0.3, -0.25) is 4.79 Å². The molecule has 0 radical (unpaired) electrons. The lowest BCUT2D eigenvalue weighted by Gasteiger charge is -2.46. The molecule has 3 aliphatic rings. The van der Waals surface area contributed by atoms with Gasteiger partial charge in [-0.05, 0) is 18.1 Å². The number of rotatable bonds is 4. The van der Waals surface area contributed by atoms with Crippen LogP contribution < -0.4 is 10.2 Å². The van der Waals surface area contributed by atoms with Gasteiger partial charge in [0.05, 0.1) is 31.2 Å². The second kappa shape index (κ2) is 7.08. The van der Waals surface area contributed by atoms with E-state index in [9.17, 15) is 4.79 Å². The molecule has 2 aromatic rings. The molecule has 1 aromatic carbocycles. The van der Waals surface area contributed by atoms with Gasteiger partial charge in [-0.15, -0.1) is 5.10 Å². The minimum absolute atomic E-state index is 0.0254. The monoisotopic (exact) mass is 368 g/mol. The molecule has 4 atom stereocenters. The van der Waals surface area contributed by atoms with Gasteiger partial charge in [0.25, 0.3) is 0 Å². The van der Waals surface area contributed by atoms with E-state index in [0.29, 0.717) is 12.0 Å². The Morgan fingerprint density at radius 1 is 1.30 bits per heavy atom. The zero-order valence-electron chi connectivity index (χ0n) is 16.5. The molecule has 6 nitrogen and oxygen atoms in total. The number of nitrogens with one attached hydrogen (secondary N) is 2. The Morgan fingerprint density at radius 2 is 2.07 bits per heavy atom. The van der Waals surface area contributed by atoms with Gasteiger partial charge in [0.2, 0.25) is 5.91 Å². The lowest BCUT2D eigenvalue weighted by Crippen LogP contribution is -3.20. The highest BCUT2D eigenvalue weighted by Crippen LogP contribution is 2.29. The summed E-state index contributed by atoms with van der Waals surface area (Å²) >= 11 is 0. The number of quaternary nitrogens is 1. The molecular formula is C21H30N5O+. The van der Waals surface area contributed by atoms with Crippen LogP contribution in [-0.4, -0.2) is 40.0 Å². The number of hydrogen-bond acceptors (Lipinski definition) is 3. The highest BCUT2D eigenvalue weighted by molar-refractivity contribution is 5.92. The van der Waals surface area contributed by atoms with E-state index in [0.717, 1.165) is 43.9 Å². The summed E-state index contributed by atoms with van der Waals surface area (Å²) in [4.78, 5) is 14.3. The summed E-state index contributed by atoms with van der Waals surface area (Å²) in [5, 5.41) is 11.8. The van der Waals surface area contributed by atoms with Crippen molar-refractivity contribution in [2.75, 3.05) is 18.4 Å². The van der Waals surface area contributed by atoms with Gasteiger partial charge in [-0.2, -0.15) is 0 Å². The molecular weight excluding hydrogens is 338 g/mol. The summed E-state index contributed by atoms with van der Waals surface area (Å²) in [5.41, 5.74) is 1.95. The van der Waals surface area contributed by atoms with E-state index in [4.69, 9.17) is 0 Å². The molecule has 0 aliphatic carbocycles. The Labute approximate surface area is 160 Å². The summed E-state index contributed by atoms with van der Waals surface area (Å²) in [7, 11) is 0. The van der Waals surface area contributed by atoms with Crippen molar-refractivity contribution in [1.29, 1.82) is 0 Å². The van der Waals surface area contributed by atoms with Crippen LogP contribution in [0.1, 0.15) is 39.3 Å². The Hall–Kier alpha value is -2.21. The van der Waals surface area contributed by atoms with Crippen LogP contribution in [-0.2, 0) is 16.8 Å². The second-order valence-corrected chi connectivity index (χ2v) is 9.13. The standard InChI is InChI=1S/C21H29N5O/c1-21(2,3)19-14-26(24-23-19)12-17-11-15-9-10-25(17)13-18(15)20(27)22-16-7-5-4-6-8-16/h4-8,14-15,17-18H,9-13H2,1-3H3,(H,22,27)/p+1/t15-,17-,18+/m1/s1. The summed E-state index contributed by atoms with van der Waals surface area (Å²) < 4.78 is 2.00. The van der Waals surface area contributed by atoms with Crippen molar-refractivity contribution >= 4 is 11.6 Å². The van der Waals surface area contributed by atoms with E-state index >= 15 is 0 Å². The molecule has 4 heterocycles. The molecule has 1 amide bonds. The lowest BCUT2D eigenvalue weighted by atomic mass is 9.75. The molecule has 6 heteroatoms. The van der Waals surface area contributed by atoms with Crippen LogP contribution in [0, 0.1) is 11.8 Å². The number of para-hydroxylation sites is 1. The van der Waals surface area contributed by atoms with Crippen molar-refractivity contribution < 1.29 is 9.69 Å². The average molecular weight is 369 g/mol. The first-order chi connectivity index (χ1) is 12.9. The fourth-order valence-electron chi connectivity index (χ4n) is 4.53. The predicted molar refractivity (Wildman–Crippen MR) is 104 cm³/mol. The third-order valence-corrected chi connectivity index (χ3v) is 6.14. The summed E-state index contributed by atoms with van der Waals surface area (Å²) in [6.07, 6.45) is 4.32. The molecule has 2 bridgehead atoms. The first-order valence-corrected chi connectivity index (χ1v) is 10.0. The Bertz CT molecular complexity index is 794. The number of piperidine rings is 3. The smallest absolute Gasteiger partial charge is 0.233 e. The van der Waals surface area contributed by atoms with Crippen LogP contribution in [0.15, 0.2) is 36.5 Å². The van der Waals surface area contributed by atoms with Crippen LogP contribution in [0.4, 0.5) is 5.69 Å². The summed E-state index contributed by atoms with van der Waals surface area (Å²) in [6, 6.07) is 10.3. The molecule has 144 valence electrons. The molecule has 5 rings (SSSR count). The van der Waals surface area contributed by atoms with Crippen molar-refractivity contribution in [1.82, 2.24) is 15.0 Å². The molecule has 1 unspecified atom stereocenters. The zero-order valence-corrected chi connectivity index (χ0v) is 16.5. The van der Waals surface area contributed by atoms with E-state index in [2.05, 4.69) is 42.6 Å². The first-order valence-electron chi connectivity index (χ1n) is 10.0. The fourth-order valence-corrected chi connectivity index (χ4v) is 4.53. The van der Waals surface area contributed by atoms with Crippen molar-refractivity contribution in [3.8, 4) is 0 Å². The molecule has 3 saturated heterocycles. The third kappa shape index (κ3) is 3.90. The van der Waals surface area contributed by atoms with Crippen LogP contribution in [0.2, 0.25) is 0 Å². The summed E-state index contributed by atoms with van der Waals surface area (Å²) in [6.45, 7) is 9.46. The predicted octanol–water partition coefficient (Wildman–Crippen LogP) is 1.51. The van der Waals surface area contributed by atoms with Gasteiger partial charge in [0.15, 0.2) is 0 Å². The molecule has 3 aliphatic heterocycles. The number of benzene rings is 1. The van der Waals surface area contributed by atoms with Crippen molar-refractivity contribution in [2.24, 2.45) is 11.8 Å². The van der Waals surface area contributed by atoms with Crippen molar-refractivity contribution in [3.05, 3.63) is 42.2 Å². The number of carbonyl (C=O) groups is 1. The molecule has 2 N–H and O–H groups in total. The quantitative estimate of drug-likeness (QED) is 0.860. The number of fused-ring (bicyclic) bond motifs is 3. The summed E-state index contributed by atoms with van der Waals surface area (Å²) in [5.74, 6) is 0.769. The maximum Gasteiger partial charge on any atom is 0.233 e. The number of nitrogens with zero attached hydrogens (tertiary/aromatic N) is 3. The van der Waals surface area contributed by atoms with Gasteiger partial charge in [0, 0.05) is 30.1 Å². The van der Waals surface area contributed by atoms with Crippen LogP contribution in [0.25, 0.3) is 0 Å². The molecule has 0 spiro atoms. The van der Waals surface area contributed by atoms with E-state index in [-0.39, 0.29) is 17.2 Å². The Balaban J connectivity index is 1.39. The SMILES string of the molecule is CC(C)(C)c1cn(C[C@H]2C[C@H]3CC[NH+]2C[C@@H]3C(=O)Nc2ccccc2)nn1. The maximum atomic E-state index is 12.8. The second-order valence-electron chi connectivity index (χ2n) is 9.13. The number of hydrogen-bond donors (Lipinski definition) is 2. The normalized spacial score (nSPS) is 27.5. The van der Waals surface area contributed by atoms with Crippen LogP contribution in [0.5, 0.6) is 0 Å². The minimum atomic E-state index is 0.0254. The van der Waals surface area contributed by atoms with Crippen molar-refractivity contribution in [2.45, 2.75) is 51.6 Å². The zero-order chi connectivity index (χ0) is 19.0. The minimum Gasteiger partial charge on any atom is -0.330 e. The topological polar surface area (TPSA) is 64.2 Å². The van der Waals surface area contributed by atoms with Gasteiger partial charge in [-0.25, -0.2) is 4.68 Å². The lowest BCUT2D eigenvalue weighted by molar-refractivity contribution is -0.945. The first kappa shape index (κ1) is 18.2. The van der Waals surface area contributed by atoms with Gasteiger partial charge in [0.1, 0.15) is 6.04 Å². The van der Waals surface area contributed by atoms with Gasteiger partial charge in [-0.1, -0.05) is 44.2 Å². The fraction of sp³-hybridized carbons (Fsp3) is 0.571. The van der Waals surface area contributed by atoms with E-state index < -0.39 is 0 Å². The van der Waals surface area contributed by atoms with Crippen LogP contribution >= 0.6 is 0 Å². The molecule has 27 heavy (non-hydrogen) atoms. The number of anilines is 1. The van der Waals surface area contributed by atoms with E-state index in [1.807, 2.05) is 35.0 Å². The van der Waals surface area contributed by atoms with Gasteiger partial charge < -0.3 is 10.2 Å². The number of carbonyl (C=O) groups excluding carboxylic acids is 1. The van der Waals surface area contributed by atoms with Gasteiger partial charge >= 0.3 is 0 Å². The van der Waals surface area contributed by atoms with Crippen LogP contribution in [0.3, 0.4) is 0 Å². The Morgan fingerprint density at radius 3 is 2.70 bits per heavy atom. The molecule has 0 saturated carbocycles. The number of amides is 1. The largest absolute Gasteiger partial charge is 0.330 e. The van der Waals surface area contributed by atoms with E-state index in [1.165, 1.54) is 0 Å². The van der Waals surface area contributed by atoms with Crippen molar-refractivity contribution in [3.63, 3.8) is 0 Å². The third-order valence-electron chi connectivity index (χ3n) is 6.14. The average Bonchev–Trinajstić information content (AvgIpc) is 3.12. The Kier molecular flexibility index (Phi) is 4.76. The number of aromatic nitrogens is 3. The molecule has 1 aromatic heterocycles. The highest BCUT2D eigenvalue weighted by atomic mass is 16.2. The highest BCUT2D eigenvalue weighted by Gasteiger charge is 2.46. The van der Waals surface area contributed by atoms with E-state index in [1.54, 1.807) is 4.90 Å². The maximum absolute atomic E-state index is 12.8. The molecule has 3 fully saturated rings.